The number of esters is 2. The van der Waals surface area contributed by atoms with Gasteiger partial charge in [0.05, 0.1) is 27.7 Å². The normalized spacial score (nSPS) is 13.5. The molecule has 0 amide bonds. The van der Waals surface area contributed by atoms with E-state index in [-0.39, 0.29) is 25.6 Å². The average Bonchev–Trinajstić information content (AvgIpc) is 3.25. The lowest BCUT2D eigenvalue weighted by atomic mass is 10.0. The van der Waals surface area contributed by atoms with Crippen molar-refractivity contribution in [3.05, 3.63) is 24.3 Å². The number of unbranched alkanes of at least 4 members (excludes halogenated alkanes) is 32. The summed E-state index contributed by atoms with van der Waals surface area (Å²) in [5.74, 6) is -0.786. The van der Waals surface area contributed by atoms with Crippen molar-refractivity contribution in [2.75, 3.05) is 47.5 Å². The topological polar surface area (TPSA) is 108 Å². The zero-order chi connectivity index (χ0) is 47.1. The Labute approximate surface area is 396 Å². The van der Waals surface area contributed by atoms with Crippen molar-refractivity contribution in [1.29, 1.82) is 0 Å². The molecule has 2 unspecified atom stereocenters. The SMILES string of the molecule is CCCCCCC/C=C\C/C=C\CCCCCCCCCCCCCC(=O)OC(COC(=O)CCCCCCCCCCCCCCCCCCC)COP(=O)(O)OCC[N+](C)(C)C. The minimum Gasteiger partial charge on any atom is -0.462 e. The van der Waals surface area contributed by atoms with Gasteiger partial charge in [0.15, 0.2) is 6.10 Å². The predicted octanol–water partition coefficient (Wildman–Crippen LogP) is 16.3. The largest absolute Gasteiger partial charge is 0.472 e. The smallest absolute Gasteiger partial charge is 0.462 e. The minimum absolute atomic E-state index is 0.0338. The van der Waals surface area contributed by atoms with E-state index in [4.69, 9.17) is 18.5 Å². The third kappa shape index (κ3) is 49.9. The lowest BCUT2D eigenvalue weighted by Crippen LogP contribution is -2.37. The number of carbonyl (C=O) groups excluding carboxylic acids is 2. The highest BCUT2D eigenvalue weighted by molar-refractivity contribution is 7.47. The number of rotatable bonds is 50. The Hall–Kier alpha value is -1.51. The van der Waals surface area contributed by atoms with Crippen LogP contribution in [0.1, 0.15) is 258 Å². The van der Waals surface area contributed by atoms with Gasteiger partial charge < -0.3 is 18.9 Å². The van der Waals surface area contributed by atoms with E-state index >= 15 is 0 Å². The molecule has 0 aromatic rings. The Morgan fingerprint density at radius 1 is 0.484 bits per heavy atom. The Kier molecular flexibility index (Phi) is 45.5. The first-order chi connectivity index (χ1) is 31.0. The summed E-state index contributed by atoms with van der Waals surface area (Å²) in [6, 6.07) is 0. The summed E-state index contributed by atoms with van der Waals surface area (Å²) in [6.07, 6.45) is 53.7. The number of carbonyl (C=O) groups is 2. The molecule has 9 nitrogen and oxygen atoms in total. The molecule has 0 aliphatic rings. The first kappa shape index (κ1) is 62.5. The standard InChI is InChI=1S/C54H104NO8P/c1-6-8-10-12-14-16-18-20-22-24-25-26-27-28-29-31-33-35-37-39-41-43-45-47-54(57)63-52(51-62-64(58,59)61-49-48-55(3,4)5)50-60-53(56)46-44-42-40-38-36-34-32-30-23-21-19-17-15-13-11-9-7-2/h18,20,24-25,52H,6-17,19,21-23,26-51H2,1-5H3/p+1/b20-18-,25-24-. The van der Waals surface area contributed by atoms with Crippen LogP contribution in [0.3, 0.4) is 0 Å². The van der Waals surface area contributed by atoms with E-state index in [0.29, 0.717) is 23.9 Å². The van der Waals surface area contributed by atoms with Crippen molar-refractivity contribution in [3.8, 4) is 0 Å². The highest BCUT2D eigenvalue weighted by Gasteiger charge is 2.27. The van der Waals surface area contributed by atoms with E-state index < -0.39 is 26.5 Å². The van der Waals surface area contributed by atoms with Crippen molar-refractivity contribution in [1.82, 2.24) is 0 Å². The van der Waals surface area contributed by atoms with Crippen LogP contribution in [-0.4, -0.2) is 74.9 Å². The van der Waals surface area contributed by atoms with Gasteiger partial charge in [0.25, 0.3) is 0 Å². The van der Waals surface area contributed by atoms with Gasteiger partial charge in [-0.3, -0.25) is 18.6 Å². The number of hydrogen-bond donors (Lipinski definition) is 1. The molecule has 0 radical (unpaired) electrons. The second-order valence-corrected chi connectivity index (χ2v) is 21.1. The van der Waals surface area contributed by atoms with E-state index in [0.717, 1.165) is 38.5 Å². The molecule has 0 saturated heterocycles. The van der Waals surface area contributed by atoms with Crippen molar-refractivity contribution < 1.29 is 42.1 Å². The number of hydrogen-bond acceptors (Lipinski definition) is 7. The molecule has 0 spiro atoms. The maximum absolute atomic E-state index is 12.8. The molecule has 0 aromatic heterocycles. The Balaban J connectivity index is 4.19. The molecule has 0 bridgehead atoms. The number of allylic oxidation sites excluding steroid dienone is 4. The van der Waals surface area contributed by atoms with Crippen LogP contribution in [0, 0.1) is 0 Å². The highest BCUT2D eigenvalue weighted by Crippen LogP contribution is 2.43. The third-order valence-electron chi connectivity index (χ3n) is 12.0. The predicted molar refractivity (Wildman–Crippen MR) is 271 cm³/mol. The number of likely N-dealkylation sites (N-methyl/N-ethyl adjacent to an activating group) is 1. The van der Waals surface area contributed by atoms with E-state index in [1.807, 2.05) is 21.1 Å². The van der Waals surface area contributed by atoms with Crippen LogP contribution in [0.5, 0.6) is 0 Å². The van der Waals surface area contributed by atoms with Crippen LogP contribution in [0.15, 0.2) is 24.3 Å². The van der Waals surface area contributed by atoms with Crippen LogP contribution in [0.2, 0.25) is 0 Å². The number of phosphoric acid groups is 1. The molecule has 378 valence electrons. The van der Waals surface area contributed by atoms with Gasteiger partial charge in [-0.2, -0.15) is 0 Å². The molecular weight excluding hydrogens is 822 g/mol. The molecule has 0 aliphatic carbocycles. The van der Waals surface area contributed by atoms with Crippen LogP contribution < -0.4 is 0 Å². The summed E-state index contributed by atoms with van der Waals surface area (Å²) in [5, 5.41) is 0. The quantitative estimate of drug-likeness (QED) is 0.0211. The summed E-state index contributed by atoms with van der Waals surface area (Å²) in [5.41, 5.74) is 0. The lowest BCUT2D eigenvalue weighted by Gasteiger charge is -2.24. The number of ether oxygens (including phenoxy) is 2. The van der Waals surface area contributed by atoms with E-state index in [1.54, 1.807) is 0 Å². The summed E-state index contributed by atoms with van der Waals surface area (Å²) in [4.78, 5) is 35.6. The molecule has 0 fully saturated rings. The Bertz CT molecular complexity index is 1140. The number of nitrogens with zero attached hydrogens (tertiary/aromatic N) is 1. The van der Waals surface area contributed by atoms with Gasteiger partial charge in [0, 0.05) is 12.8 Å². The third-order valence-corrected chi connectivity index (χ3v) is 13.0. The molecule has 0 saturated carbocycles. The van der Waals surface area contributed by atoms with Gasteiger partial charge in [-0.05, 0) is 44.9 Å². The fraction of sp³-hybridized carbons (Fsp3) is 0.889. The van der Waals surface area contributed by atoms with E-state index in [2.05, 4.69) is 38.2 Å². The second-order valence-electron chi connectivity index (χ2n) is 19.6. The second kappa shape index (κ2) is 46.6. The van der Waals surface area contributed by atoms with Crippen molar-refractivity contribution in [2.24, 2.45) is 0 Å². The molecule has 0 aliphatic heterocycles. The van der Waals surface area contributed by atoms with Crippen molar-refractivity contribution >= 4 is 19.8 Å². The molecular formula is C54H105NO8P+. The molecule has 2 atom stereocenters. The molecule has 0 rings (SSSR count). The lowest BCUT2D eigenvalue weighted by molar-refractivity contribution is -0.870. The summed E-state index contributed by atoms with van der Waals surface area (Å²) in [6.45, 7) is 4.46. The number of quaternary nitrogens is 1. The summed E-state index contributed by atoms with van der Waals surface area (Å²) >= 11 is 0. The Morgan fingerprint density at radius 3 is 1.23 bits per heavy atom. The zero-order valence-electron chi connectivity index (χ0n) is 42.8. The van der Waals surface area contributed by atoms with Crippen molar-refractivity contribution in [2.45, 2.75) is 264 Å². The van der Waals surface area contributed by atoms with Gasteiger partial charge in [-0.25, -0.2) is 4.57 Å². The van der Waals surface area contributed by atoms with Crippen LogP contribution in [0.25, 0.3) is 0 Å². The van der Waals surface area contributed by atoms with E-state index in [9.17, 15) is 19.0 Å². The van der Waals surface area contributed by atoms with Gasteiger partial charge in [0.1, 0.15) is 19.8 Å². The summed E-state index contributed by atoms with van der Waals surface area (Å²) < 4.78 is 34.5. The fourth-order valence-corrected chi connectivity index (χ4v) is 8.49. The van der Waals surface area contributed by atoms with Crippen LogP contribution >= 0.6 is 7.82 Å². The van der Waals surface area contributed by atoms with Gasteiger partial charge in [0.2, 0.25) is 0 Å². The molecule has 1 N–H and O–H groups in total. The first-order valence-corrected chi connectivity index (χ1v) is 28.6. The zero-order valence-corrected chi connectivity index (χ0v) is 43.7. The van der Waals surface area contributed by atoms with Gasteiger partial charge >= 0.3 is 19.8 Å². The fourth-order valence-electron chi connectivity index (χ4n) is 7.75. The molecule has 0 heterocycles. The van der Waals surface area contributed by atoms with Crippen LogP contribution in [0.4, 0.5) is 0 Å². The minimum atomic E-state index is -4.38. The monoisotopic (exact) mass is 927 g/mol. The molecule has 0 aromatic carbocycles. The summed E-state index contributed by atoms with van der Waals surface area (Å²) in [7, 11) is 1.49. The van der Waals surface area contributed by atoms with Gasteiger partial charge in [-0.15, -0.1) is 0 Å². The van der Waals surface area contributed by atoms with Crippen molar-refractivity contribution in [3.63, 3.8) is 0 Å². The molecule has 10 heteroatoms. The highest BCUT2D eigenvalue weighted by atomic mass is 31.2. The maximum Gasteiger partial charge on any atom is 0.472 e. The average molecular weight is 927 g/mol. The maximum atomic E-state index is 12.8. The van der Waals surface area contributed by atoms with E-state index in [1.165, 1.54) is 186 Å². The first-order valence-electron chi connectivity index (χ1n) is 27.1. The molecule has 64 heavy (non-hydrogen) atoms. The Morgan fingerprint density at radius 2 is 0.844 bits per heavy atom. The van der Waals surface area contributed by atoms with Gasteiger partial charge in [-0.1, -0.05) is 224 Å². The van der Waals surface area contributed by atoms with Crippen LogP contribution in [-0.2, 0) is 32.7 Å². The number of phosphoric ester groups is 1.